The first-order chi connectivity index (χ1) is 9.99. The molecule has 0 spiro atoms. The average molecular weight is 310 g/mol. The molecule has 0 saturated carbocycles. The highest BCUT2D eigenvalue weighted by molar-refractivity contribution is 7.89. The third-order valence-corrected chi connectivity index (χ3v) is 4.03. The minimum atomic E-state index is -3.97. The molecule has 1 aromatic heterocycles. The Balaban J connectivity index is 1.90. The number of sulfonamides is 1. The monoisotopic (exact) mass is 310 g/mol. The van der Waals surface area contributed by atoms with Crippen LogP contribution in [-0.2, 0) is 10.0 Å². The highest BCUT2D eigenvalue weighted by Crippen LogP contribution is 2.12. The van der Waals surface area contributed by atoms with Crippen LogP contribution < -0.4 is 9.46 Å². The summed E-state index contributed by atoms with van der Waals surface area (Å²) in [7, 11) is -3.97. The number of ether oxygens (including phenoxy) is 1. The van der Waals surface area contributed by atoms with E-state index in [0.717, 1.165) is 11.6 Å². The van der Waals surface area contributed by atoms with Gasteiger partial charge >= 0.3 is 0 Å². The van der Waals surface area contributed by atoms with Crippen molar-refractivity contribution in [2.75, 3.05) is 13.2 Å². The average Bonchev–Trinajstić information content (AvgIpc) is 2.44. The zero-order valence-corrected chi connectivity index (χ0v) is 12.2. The largest absolute Gasteiger partial charge is 0.492 e. The van der Waals surface area contributed by atoms with Gasteiger partial charge in [0.05, 0.1) is 0 Å². The maximum absolute atomic E-state index is 13.4. The molecular formula is C14H15FN2O3S. The lowest BCUT2D eigenvalue weighted by Gasteiger charge is -2.09. The molecule has 0 aliphatic heterocycles. The smallest absolute Gasteiger partial charge is 0.261 e. The van der Waals surface area contributed by atoms with Gasteiger partial charge in [-0.3, -0.25) is 0 Å². The van der Waals surface area contributed by atoms with Gasteiger partial charge in [-0.2, -0.15) is 0 Å². The summed E-state index contributed by atoms with van der Waals surface area (Å²) < 4.78 is 44.7. The van der Waals surface area contributed by atoms with Crippen molar-refractivity contribution in [2.45, 2.75) is 11.9 Å². The van der Waals surface area contributed by atoms with Crippen LogP contribution in [0.3, 0.4) is 0 Å². The van der Waals surface area contributed by atoms with E-state index >= 15 is 0 Å². The molecule has 0 radical (unpaired) electrons. The minimum absolute atomic E-state index is 0.0201. The van der Waals surface area contributed by atoms with Gasteiger partial charge in [0.25, 0.3) is 10.0 Å². The summed E-state index contributed by atoms with van der Waals surface area (Å²) in [5.74, 6) is -0.234. The molecule has 0 saturated heterocycles. The van der Waals surface area contributed by atoms with E-state index in [1.54, 1.807) is 6.07 Å². The molecule has 0 unspecified atom stereocenters. The lowest BCUT2D eigenvalue weighted by atomic mass is 10.2. The Hall–Kier alpha value is -1.99. The van der Waals surface area contributed by atoms with Crippen LogP contribution in [0.25, 0.3) is 0 Å². The molecule has 0 fully saturated rings. The SMILES string of the molecule is Cc1cccc(OCCNS(=O)(=O)c2ncccc2F)c1. The molecule has 0 amide bonds. The van der Waals surface area contributed by atoms with Gasteiger partial charge in [-0.15, -0.1) is 0 Å². The lowest BCUT2D eigenvalue weighted by Crippen LogP contribution is -2.29. The quantitative estimate of drug-likeness (QED) is 0.827. The molecule has 0 atom stereocenters. The molecule has 21 heavy (non-hydrogen) atoms. The lowest BCUT2D eigenvalue weighted by molar-refractivity contribution is 0.322. The molecule has 0 aliphatic carbocycles. The fraction of sp³-hybridized carbons (Fsp3) is 0.214. The van der Waals surface area contributed by atoms with Crippen LogP contribution in [0.2, 0.25) is 0 Å². The number of halogens is 1. The maximum atomic E-state index is 13.4. The Bertz CT molecular complexity index is 720. The Morgan fingerprint density at radius 2 is 2.10 bits per heavy atom. The highest BCUT2D eigenvalue weighted by atomic mass is 32.2. The van der Waals surface area contributed by atoms with E-state index < -0.39 is 20.9 Å². The molecule has 1 aromatic carbocycles. The molecule has 2 rings (SSSR count). The Kier molecular flexibility index (Phi) is 4.87. The van der Waals surface area contributed by atoms with E-state index in [0.29, 0.717) is 5.75 Å². The highest BCUT2D eigenvalue weighted by Gasteiger charge is 2.19. The molecule has 1 heterocycles. The summed E-state index contributed by atoms with van der Waals surface area (Å²) >= 11 is 0. The van der Waals surface area contributed by atoms with E-state index in [-0.39, 0.29) is 13.2 Å². The second-order valence-electron chi connectivity index (χ2n) is 4.35. The minimum Gasteiger partial charge on any atom is -0.492 e. The molecule has 112 valence electrons. The van der Waals surface area contributed by atoms with Gasteiger partial charge in [0.15, 0.2) is 5.82 Å². The zero-order chi connectivity index (χ0) is 15.3. The molecule has 5 nitrogen and oxygen atoms in total. The number of hydrogen-bond acceptors (Lipinski definition) is 4. The van der Waals surface area contributed by atoms with Crippen molar-refractivity contribution < 1.29 is 17.5 Å². The first-order valence-corrected chi connectivity index (χ1v) is 7.77. The molecule has 0 bridgehead atoms. The second kappa shape index (κ2) is 6.64. The third kappa shape index (κ3) is 4.24. The zero-order valence-electron chi connectivity index (χ0n) is 11.4. The van der Waals surface area contributed by atoms with Gasteiger partial charge in [-0.1, -0.05) is 12.1 Å². The summed E-state index contributed by atoms with van der Waals surface area (Å²) in [6, 6.07) is 9.77. The molecule has 1 N–H and O–H groups in total. The summed E-state index contributed by atoms with van der Waals surface area (Å²) in [5, 5.41) is -0.611. The fourth-order valence-electron chi connectivity index (χ4n) is 1.69. The van der Waals surface area contributed by atoms with Gasteiger partial charge in [-0.05, 0) is 36.8 Å². The predicted octanol–water partition coefficient (Wildman–Crippen LogP) is 1.89. The van der Waals surface area contributed by atoms with Crippen molar-refractivity contribution in [3.63, 3.8) is 0 Å². The van der Waals surface area contributed by atoms with Crippen molar-refractivity contribution in [3.05, 3.63) is 54.0 Å². The second-order valence-corrected chi connectivity index (χ2v) is 6.04. The standard InChI is InChI=1S/C14H15FN2O3S/c1-11-4-2-5-12(10-11)20-9-8-17-21(18,19)14-13(15)6-3-7-16-14/h2-7,10,17H,8-9H2,1H3. The van der Waals surface area contributed by atoms with Crippen LogP contribution in [0.5, 0.6) is 5.75 Å². The number of hydrogen-bond donors (Lipinski definition) is 1. The van der Waals surface area contributed by atoms with Gasteiger partial charge in [0.2, 0.25) is 5.03 Å². The number of nitrogens with zero attached hydrogens (tertiary/aromatic N) is 1. The number of aryl methyl sites for hydroxylation is 1. The number of nitrogens with one attached hydrogen (secondary N) is 1. The van der Waals surface area contributed by atoms with Gasteiger partial charge in [-0.25, -0.2) is 22.5 Å². The van der Waals surface area contributed by atoms with Crippen molar-refractivity contribution in [1.29, 1.82) is 0 Å². The number of pyridine rings is 1. The predicted molar refractivity (Wildman–Crippen MR) is 76.1 cm³/mol. The van der Waals surface area contributed by atoms with Crippen LogP contribution in [0.1, 0.15) is 5.56 Å². The van der Waals surface area contributed by atoms with Crippen molar-refractivity contribution in [3.8, 4) is 5.75 Å². The van der Waals surface area contributed by atoms with Crippen LogP contribution in [0.15, 0.2) is 47.6 Å². The summed E-state index contributed by atoms with van der Waals surface area (Å²) in [6.07, 6.45) is 1.22. The van der Waals surface area contributed by atoms with E-state index in [1.807, 2.05) is 25.1 Å². The number of aromatic nitrogens is 1. The van der Waals surface area contributed by atoms with Crippen LogP contribution in [-0.4, -0.2) is 26.6 Å². The van der Waals surface area contributed by atoms with Crippen molar-refractivity contribution >= 4 is 10.0 Å². The first kappa shape index (κ1) is 15.4. The Morgan fingerprint density at radius 3 is 2.81 bits per heavy atom. The van der Waals surface area contributed by atoms with Crippen LogP contribution in [0.4, 0.5) is 4.39 Å². The summed E-state index contributed by atoms with van der Waals surface area (Å²) in [6.45, 7) is 2.09. The number of benzene rings is 1. The molecule has 7 heteroatoms. The van der Waals surface area contributed by atoms with E-state index in [9.17, 15) is 12.8 Å². The van der Waals surface area contributed by atoms with Gasteiger partial charge < -0.3 is 4.74 Å². The first-order valence-electron chi connectivity index (χ1n) is 6.29. The topological polar surface area (TPSA) is 68.3 Å². The fourth-order valence-corrected chi connectivity index (χ4v) is 2.70. The molecular weight excluding hydrogens is 295 g/mol. The van der Waals surface area contributed by atoms with Gasteiger partial charge in [0.1, 0.15) is 12.4 Å². The maximum Gasteiger partial charge on any atom is 0.261 e. The van der Waals surface area contributed by atoms with Crippen LogP contribution in [0, 0.1) is 12.7 Å². The van der Waals surface area contributed by atoms with Crippen LogP contribution >= 0.6 is 0 Å². The Morgan fingerprint density at radius 1 is 1.29 bits per heavy atom. The number of rotatable bonds is 6. The molecule has 2 aromatic rings. The molecule has 0 aliphatic rings. The summed E-state index contributed by atoms with van der Waals surface area (Å²) in [5.41, 5.74) is 1.05. The van der Waals surface area contributed by atoms with E-state index in [2.05, 4.69) is 9.71 Å². The van der Waals surface area contributed by atoms with Crippen molar-refractivity contribution in [1.82, 2.24) is 9.71 Å². The Labute approximate surface area is 122 Å². The van der Waals surface area contributed by atoms with Gasteiger partial charge in [0, 0.05) is 12.7 Å². The van der Waals surface area contributed by atoms with Crippen molar-refractivity contribution in [2.24, 2.45) is 0 Å². The van der Waals surface area contributed by atoms with E-state index in [1.165, 1.54) is 12.3 Å². The third-order valence-electron chi connectivity index (χ3n) is 2.63. The normalized spacial score (nSPS) is 11.3. The van der Waals surface area contributed by atoms with E-state index in [4.69, 9.17) is 4.74 Å². The summed E-state index contributed by atoms with van der Waals surface area (Å²) in [4.78, 5) is 3.53.